The molecule has 7 N–H and O–H groups in total. The van der Waals surface area contributed by atoms with Gasteiger partial charge in [0.2, 0.25) is 0 Å². The van der Waals surface area contributed by atoms with Gasteiger partial charge >= 0.3 is 29.2 Å². The molecule has 6 atom stereocenters. The number of rotatable bonds is 8. The number of ether oxygens (including phenoxy) is 1. The molecule has 0 spiro atoms. The number of nitrogens with one attached hydrogen (secondary N) is 1. The SMILES string of the molecule is O=c1ccn([C@@H]2O[C@@H](COP(=O)(O)OP(=O)(O)OP(=O)(O)O)[C@@H](O)[C@@H]2O)c(=O)[nH]1. The van der Waals surface area contributed by atoms with E-state index in [9.17, 15) is 38.4 Å². The van der Waals surface area contributed by atoms with E-state index in [1.807, 2.05) is 4.98 Å². The second-order valence-electron chi connectivity index (χ2n) is 5.45. The second kappa shape index (κ2) is 8.61. The van der Waals surface area contributed by atoms with Crippen LogP contribution >= 0.6 is 23.5 Å². The minimum atomic E-state index is -5.73. The third-order valence-electron chi connectivity index (χ3n) is 3.28. The Morgan fingerprint density at radius 1 is 1.03 bits per heavy atom. The van der Waals surface area contributed by atoms with Crippen LogP contribution in [0.4, 0.5) is 0 Å². The molecule has 0 saturated carbocycles. The van der Waals surface area contributed by atoms with Crippen molar-refractivity contribution < 1.29 is 61.4 Å². The highest BCUT2D eigenvalue weighted by Gasteiger charge is 2.46. The highest BCUT2D eigenvalue weighted by atomic mass is 31.3. The zero-order valence-corrected chi connectivity index (χ0v) is 16.5. The third kappa shape index (κ3) is 6.73. The molecule has 1 aromatic heterocycles. The standard InChI is InChI=1S/C9H15N2O15P3/c12-5-1-2-11(9(15)10-5)8-7(14)6(13)4(24-8)3-23-28(19,20)26-29(21,22)25-27(16,17)18/h1-2,4,6-8,13-14H,3H2,(H,19,20)(H,21,22)(H,10,12,15)(H2,16,17,18)/t4-,6+,7-,8+/m0/s1. The summed E-state index contributed by atoms with van der Waals surface area (Å²) in [4.78, 5) is 59.9. The molecule has 20 heteroatoms. The van der Waals surface area contributed by atoms with E-state index in [1.165, 1.54) is 0 Å². The first-order valence-corrected chi connectivity index (χ1v) is 11.7. The van der Waals surface area contributed by atoms with E-state index in [-0.39, 0.29) is 0 Å². The first kappa shape index (κ1) is 24.2. The van der Waals surface area contributed by atoms with Crippen LogP contribution in [0.3, 0.4) is 0 Å². The highest BCUT2D eigenvalue weighted by Crippen LogP contribution is 2.66. The minimum absolute atomic E-state index is 0.708. The third-order valence-corrected chi connectivity index (χ3v) is 7.08. The van der Waals surface area contributed by atoms with Gasteiger partial charge in [-0.05, 0) is 0 Å². The average molecular weight is 484 g/mol. The van der Waals surface area contributed by atoms with Gasteiger partial charge in [-0.1, -0.05) is 0 Å². The van der Waals surface area contributed by atoms with Gasteiger partial charge in [0.1, 0.15) is 18.3 Å². The number of hydrogen-bond acceptors (Lipinski definition) is 11. The Balaban J connectivity index is 2.06. The van der Waals surface area contributed by atoms with Gasteiger partial charge in [-0.25, -0.2) is 18.5 Å². The zero-order valence-electron chi connectivity index (χ0n) is 13.8. The molecule has 0 aromatic carbocycles. The summed E-state index contributed by atoms with van der Waals surface area (Å²) < 4.78 is 50.6. The summed E-state index contributed by atoms with van der Waals surface area (Å²) in [6.45, 7) is -1.05. The normalized spacial score (nSPS) is 29.3. The summed E-state index contributed by atoms with van der Waals surface area (Å²) in [5.74, 6) is 0. The van der Waals surface area contributed by atoms with Gasteiger partial charge in [0.25, 0.3) is 5.56 Å². The monoisotopic (exact) mass is 484 g/mol. The lowest BCUT2D eigenvalue weighted by atomic mass is 10.1. The number of aliphatic hydroxyl groups is 2. The zero-order chi connectivity index (χ0) is 22.2. The molecule has 0 aliphatic carbocycles. The molecule has 2 rings (SSSR count). The molecular weight excluding hydrogens is 469 g/mol. The van der Waals surface area contributed by atoms with Gasteiger partial charge in [-0.2, -0.15) is 8.62 Å². The van der Waals surface area contributed by atoms with Crippen molar-refractivity contribution in [2.24, 2.45) is 0 Å². The van der Waals surface area contributed by atoms with Crippen molar-refractivity contribution in [1.82, 2.24) is 9.55 Å². The largest absolute Gasteiger partial charge is 0.490 e. The van der Waals surface area contributed by atoms with Crippen LogP contribution in [-0.2, 0) is 31.6 Å². The van der Waals surface area contributed by atoms with Crippen molar-refractivity contribution in [3.63, 3.8) is 0 Å². The fourth-order valence-electron chi connectivity index (χ4n) is 2.20. The summed E-state index contributed by atoms with van der Waals surface area (Å²) in [5, 5.41) is 19.9. The summed E-state index contributed by atoms with van der Waals surface area (Å²) >= 11 is 0. The maximum Gasteiger partial charge on any atom is 0.490 e. The van der Waals surface area contributed by atoms with Crippen LogP contribution in [0.25, 0.3) is 0 Å². The van der Waals surface area contributed by atoms with E-state index in [0.717, 1.165) is 12.3 Å². The molecular formula is C9H15N2O15P3. The Kier molecular flexibility index (Phi) is 7.20. The Bertz CT molecular complexity index is 997. The van der Waals surface area contributed by atoms with Crippen molar-refractivity contribution in [3.05, 3.63) is 33.1 Å². The minimum Gasteiger partial charge on any atom is -0.387 e. The van der Waals surface area contributed by atoms with Gasteiger partial charge in [0, 0.05) is 12.3 Å². The van der Waals surface area contributed by atoms with E-state index < -0.39 is 65.9 Å². The van der Waals surface area contributed by atoms with Crippen LogP contribution < -0.4 is 11.2 Å². The molecule has 1 aromatic rings. The van der Waals surface area contributed by atoms with Gasteiger partial charge < -0.3 is 34.5 Å². The first-order valence-electron chi connectivity index (χ1n) is 7.22. The lowest BCUT2D eigenvalue weighted by Gasteiger charge is -2.19. The maximum absolute atomic E-state index is 11.7. The molecule has 1 fully saturated rings. The van der Waals surface area contributed by atoms with Crippen molar-refractivity contribution in [2.45, 2.75) is 24.5 Å². The fourth-order valence-corrected chi connectivity index (χ4v) is 5.23. The van der Waals surface area contributed by atoms with Crippen molar-refractivity contribution >= 4 is 23.5 Å². The first-order chi connectivity index (χ1) is 13.1. The number of nitrogens with zero attached hydrogens (tertiary/aromatic N) is 1. The van der Waals surface area contributed by atoms with E-state index in [1.54, 1.807) is 0 Å². The predicted molar refractivity (Wildman–Crippen MR) is 87.1 cm³/mol. The van der Waals surface area contributed by atoms with Crippen LogP contribution in [0.15, 0.2) is 21.9 Å². The van der Waals surface area contributed by atoms with Gasteiger partial charge in [-0.15, -0.1) is 0 Å². The quantitative estimate of drug-likeness (QED) is 0.188. The molecule has 166 valence electrons. The maximum atomic E-state index is 11.7. The average Bonchev–Trinajstić information content (AvgIpc) is 2.78. The number of phosphoric ester groups is 1. The second-order valence-corrected chi connectivity index (χ2v) is 9.87. The highest BCUT2D eigenvalue weighted by molar-refractivity contribution is 7.66. The molecule has 1 saturated heterocycles. The van der Waals surface area contributed by atoms with Crippen LogP contribution in [0.5, 0.6) is 0 Å². The summed E-state index contributed by atoms with van der Waals surface area (Å²) in [7, 11) is -16.8. The van der Waals surface area contributed by atoms with Gasteiger partial charge in [-0.3, -0.25) is 18.9 Å². The van der Waals surface area contributed by atoms with Crippen molar-refractivity contribution in [1.29, 1.82) is 0 Å². The van der Waals surface area contributed by atoms with Gasteiger partial charge in [0.15, 0.2) is 6.23 Å². The van der Waals surface area contributed by atoms with E-state index in [4.69, 9.17) is 19.4 Å². The van der Waals surface area contributed by atoms with Crippen molar-refractivity contribution in [2.75, 3.05) is 6.61 Å². The smallest absolute Gasteiger partial charge is 0.387 e. The molecule has 2 heterocycles. The Morgan fingerprint density at radius 3 is 2.21 bits per heavy atom. The molecule has 2 unspecified atom stereocenters. The Morgan fingerprint density at radius 2 is 1.66 bits per heavy atom. The number of hydrogen-bond donors (Lipinski definition) is 7. The molecule has 1 aliphatic rings. The van der Waals surface area contributed by atoms with Crippen LogP contribution in [0, 0.1) is 0 Å². The van der Waals surface area contributed by atoms with Crippen molar-refractivity contribution in [3.8, 4) is 0 Å². The number of aliphatic hydroxyl groups excluding tert-OH is 2. The lowest BCUT2D eigenvalue weighted by Crippen LogP contribution is -2.37. The summed E-state index contributed by atoms with van der Waals surface area (Å²) in [6.07, 6.45) is -5.70. The molecule has 17 nitrogen and oxygen atoms in total. The molecule has 0 bridgehead atoms. The van der Waals surface area contributed by atoms with Crippen LogP contribution in [0.2, 0.25) is 0 Å². The predicted octanol–water partition coefficient (Wildman–Crippen LogP) is -2.50. The lowest BCUT2D eigenvalue weighted by molar-refractivity contribution is -0.0542. The van der Waals surface area contributed by atoms with Crippen LogP contribution in [-0.4, -0.2) is 64.3 Å². The Labute approximate surface area is 159 Å². The summed E-state index contributed by atoms with van der Waals surface area (Å²) in [6, 6.07) is 0.920. The molecule has 0 radical (unpaired) electrons. The number of phosphoric acid groups is 3. The van der Waals surface area contributed by atoms with E-state index in [0.29, 0.717) is 4.57 Å². The number of aromatic nitrogens is 2. The molecule has 1 aliphatic heterocycles. The number of aromatic amines is 1. The van der Waals surface area contributed by atoms with E-state index in [2.05, 4.69) is 13.1 Å². The Hall–Kier alpha value is -1.03. The fraction of sp³-hybridized carbons (Fsp3) is 0.556. The van der Waals surface area contributed by atoms with E-state index >= 15 is 0 Å². The number of H-pyrrole nitrogens is 1. The molecule has 0 amide bonds. The molecule has 29 heavy (non-hydrogen) atoms. The topological polar surface area (TPSA) is 264 Å². The van der Waals surface area contributed by atoms with Crippen LogP contribution in [0.1, 0.15) is 6.23 Å². The summed E-state index contributed by atoms with van der Waals surface area (Å²) in [5.41, 5.74) is -1.74. The van der Waals surface area contributed by atoms with Gasteiger partial charge in [0.05, 0.1) is 6.61 Å².